The predicted molar refractivity (Wildman–Crippen MR) is 79.2 cm³/mol. The predicted octanol–water partition coefficient (Wildman–Crippen LogP) is 1.74. The SMILES string of the molecule is C=CCNC(=O)NC(=O)CSc1nnc(-c2ccoc2C)o1. The summed E-state index contributed by atoms with van der Waals surface area (Å²) in [6.45, 7) is 5.51. The molecule has 0 atom stereocenters. The Hall–Kier alpha value is -2.55. The van der Waals surface area contributed by atoms with E-state index in [1.165, 1.54) is 12.3 Å². The summed E-state index contributed by atoms with van der Waals surface area (Å²) in [6.07, 6.45) is 3.04. The number of aryl methyl sites for hydroxylation is 1. The molecule has 3 amide bonds. The third-order valence-electron chi connectivity index (χ3n) is 2.48. The van der Waals surface area contributed by atoms with Crippen molar-refractivity contribution >= 4 is 23.7 Å². The number of furan rings is 1. The maximum absolute atomic E-state index is 11.6. The van der Waals surface area contributed by atoms with Gasteiger partial charge in [-0.2, -0.15) is 0 Å². The lowest BCUT2D eigenvalue weighted by atomic mass is 10.3. The molecule has 0 spiro atoms. The van der Waals surface area contributed by atoms with Gasteiger partial charge >= 0.3 is 6.03 Å². The monoisotopic (exact) mass is 322 g/mol. The van der Waals surface area contributed by atoms with Gasteiger partial charge in [0, 0.05) is 6.54 Å². The molecule has 0 radical (unpaired) electrons. The summed E-state index contributed by atoms with van der Waals surface area (Å²) >= 11 is 1.04. The van der Waals surface area contributed by atoms with E-state index in [1.54, 1.807) is 13.0 Å². The first-order valence-electron chi connectivity index (χ1n) is 6.29. The van der Waals surface area contributed by atoms with E-state index in [0.717, 1.165) is 11.8 Å². The first-order chi connectivity index (χ1) is 10.6. The fraction of sp³-hybridized carbons (Fsp3) is 0.231. The van der Waals surface area contributed by atoms with Crippen molar-refractivity contribution in [3.63, 3.8) is 0 Å². The Morgan fingerprint density at radius 1 is 1.45 bits per heavy atom. The quantitative estimate of drug-likeness (QED) is 0.615. The zero-order valence-corrected chi connectivity index (χ0v) is 12.6. The minimum Gasteiger partial charge on any atom is -0.469 e. The zero-order chi connectivity index (χ0) is 15.9. The Bertz CT molecular complexity index is 679. The minimum absolute atomic E-state index is 0.0203. The van der Waals surface area contributed by atoms with Crippen LogP contribution >= 0.6 is 11.8 Å². The van der Waals surface area contributed by atoms with Crippen molar-refractivity contribution in [3.05, 3.63) is 30.7 Å². The summed E-state index contributed by atoms with van der Waals surface area (Å²) in [7, 11) is 0. The summed E-state index contributed by atoms with van der Waals surface area (Å²) in [6, 6.07) is 1.14. The summed E-state index contributed by atoms with van der Waals surface area (Å²) in [5.74, 6) is 0.494. The van der Waals surface area contributed by atoms with Crippen LogP contribution in [0.4, 0.5) is 4.79 Å². The van der Waals surface area contributed by atoms with Gasteiger partial charge in [-0.25, -0.2) is 4.79 Å². The largest absolute Gasteiger partial charge is 0.469 e. The molecular weight excluding hydrogens is 308 g/mol. The molecule has 0 unspecified atom stereocenters. The minimum atomic E-state index is -0.578. The van der Waals surface area contributed by atoms with Crippen molar-refractivity contribution < 1.29 is 18.4 Å². The molecule has 0 bridgehead atoms. The Balaban J connectivity index is 1.84. The van der Waals surface area contributed by atoms with E-state index >= 15 is 0 Å². The van der Waals surface area contributed by atoms with E-state index in [4.69, 9.17) is 8.83 Å². The third-order valence-corrected chi connectivity index (χ3v) is 3.30. The second-order valence-electron chi connectivity index (χ2n) is 4.10. The van der Waals surface area contributed by atoms with Gasteiger partial charge in [0.05, 0.1) is 17.6 Å². The average molecular weight is 322 g/mol. The molecule has 2 N–H and O–H groups in total. The number of nitrogens with zero attached hydrogens (tertiary/aromatic N) is 2. The van der Waals surface area contributed by atoms with Crippen molar-refractivity contribution in [2.24, 2.45) is 0 Å². The Labute approximate surface area is 130 Å². The molecule has 9 heteroatoms. The van der Waals surface area contributed by atoms with Gasteiger partial charge < -0.3 is 14.2 Å². The van der Waals surface area contributed by atoms with Crippen LogP contribution in [-0.2, 0) is 4.79 Å². The van der Waals surface area contributed by atoms with E-state index in [-0.39, 0.29) is 17.5 Å². The van der Waals surface area contributed by atoms with Crippen LogP contribution in [0, 0.1) is 6.92 Å². The molecule has 8 nitrogen and oxygen atoms in total. The van der Waals surface area contributed by atoms with Gasteiger partial charge in [0.1, 0.15) is 5.76 Å². The number of carbonyl (C=O) groups is 2. The average Bonchev–Trinajstić information content (AvgIpc) is 3.11. The first-order valence-corrected chi connectivity index (χ1v) is 7.28. The molecule has 116 valence electrons. The molecule has 22 heavy (non-hydrogen) atoms. The van der Waals surface area contributed by atoms with Gasteiger partial charge in [-0.05, 0) is 13.0 Å². The first kappa shape index (κ1) is 15.8. The van der Waals surface area contributed by atoms with Gasteiger partial charge in [0.2, 0.25) is 5.91 Å². The van der Waals surface area contributed by atoms with E-state index in [0.29, 0.717) is 17.2 Å². The van der Waals surface area contributed by atoms with Crippen LogP contribution in [0.15, 0.2) is 39.0 Å². The molecule has 0 aliphatic rings. The van der Waals surface area contributed by atoms with Crippen molar-refractivity contribution in [1.82, 2.24) is 20.8 Å². The number of rotatable bonds is 6. The van der Waals surface area contributed by atoms with Crippen LogP contribution < -0.4 is 10.6 Å². The molecule has 0 saturated heterocycles. The summed E-state index contributed by atoms with van der Waals surface area (Å²) in [5.41, 5.74) is 0.701. The normalized spacial score (nSPS) is 10.2. The second kappa shape index (κ2) is 7.46. The lowest BCUT2D eigenvalue weighted by molar-refractivity contribution is -0.117. The molecule has 0 fully saturated rings. The number of nitrogens with one attached hydrogen (secondary N) is 2. The second-order valence-corrected chi connectivity index (χ2v) is 5.03. The van der Waals surface area contributed by atoms with Crippen LogP contribution in [0.1, 0.15) is 5.76 Å². The number of aromatic nitrogens is 2. The molecular formula is C13H14N4O4S. The highest BCUT2D eigenvalue weighted by molar-refractivity contribution is 7.99. The van der Waals surface area contributed by atoms with Gasteiger partial charge in [-0.3, -0.25) is 10.1 Å². The molecule has 0 aliphatic heterocycles. The maximum Gasteiger partial charge on any atom is 0.321 e. The highest BCUT2D eigenvalue weighted by atomic mass is 32.2. The number of carbonyl (C=O) groups excluding carboxylic acids is 2. The Kier molecular flexibility index (Phi) is 5.37. The summed E-state index contributed by atoms with van der Waals surface area (Å²) < 4.78 is 10.6. The fourth-order valence-electron chi connectivity index (χ4n) is 1.48. The van der Waals surface area contributed by atoms with Crippen LogP contribution in [-0.4, -0.2) is 34.4 Å². The molecule has 2 aromatic rings. The van der Waals surface area contributed by atoms with E-state index in [1.807, 2.05) is 0 Å². The van der Waals surface area contributed by atoms with Gasteiger partial charge in [-0.1, -0.05) is 17.8 Å². The van der Waals surface area contributed by atoms with Crippen molar-refractivity contribution in [2.75, 3.05) is 12.3 Å². The number of thioether (sulfide) groups is 1. The third kappa shape index (κ3) is 4.22. The van der Waals surface area contributed by atoms with Crippen molar-refractivity contribution in [3.8, 4) is 11.5 Å². The number of hydrogen-bond donors (Lipinski definition) is 2. The van der Waals surface area contributed by atoms with Crippen LogP contribution in [0.25, 0.3) is 11.5 Å². The highest BCUT2D eigenvalue weighted by Gasteiger charge is 2.15. The van der Waals surface area contributed by atoms with Crippen LogP contribution in [0.3, 0.4) is 0 Å². The van der Waals surface area contributed by atoms with E-state index in [9.17, 15) is 9.59 Å². The molecule has 0 saturated carbocycles. The summed E-state index contributed by atoms with van der Waals surface area (Å²) in [5, 5.41) is 12.5. The van der Waals surface area contributed by atoms with Crippen LogP contribution in [0.5, 0.6) is 0 Å². The molecule has 2 aromatic heterocycles. The van der Waals surface area contributed by atoms with Gasteiger partial charge in [0.25, 0.3) is 11.1 Å². The van der Waals surface area contributed by atoms with Crippen molar-refractivity contribution in [2.45, 2.75) is 12.1 Å². The summed E-state index contributed by atoms with van der Waals surface area (Å²) in [4.78, 5) is 22.8. The molecule has 2 heterocycles. The fourth-order valence-corrected chi connectivity index (χ4v) is 2.05. The Morgan fingerprint density at radius 2 is 2.27 bits per heavy atom. The molecule has 0 aliphatic carbocycles. The smallest absolute Gasteiger partial charge is 0.321 e. The zero-order valence-electron chi connectivity index (χ0n) is 11.8. The maximum atomic E-state index is 11.6. The van der Waals surface area contributed by atoms with Crippen molar-refractivity contribution in [1.29, 1.82) is 0 Å². The van der Waals surface area contributed by atoms with Gasteiger partial charge in [-0.15, -0.1) is 16.8 Å². The standard InChI is InChI=1S/C13H14N4O4S/c1-3-5-14-12(19)15-10(18)7-22-13-17-16-11(21-13)9-4-6-20-8(9)2/h3-4,6H,1,5,7H2,2H3,(H2,14,15,18,19). The lowest BCUT2D eigenvalue weighted by Crippen LogP contribution is -2.40. The van der Waals surface area contributed by atoms with E-state index < -0.39 is 11.9 Å². The van der Waals surface area contributed by atoms with Gasteiger partial charge in [0.15, 0.2) is 0 Å². The number of imide groups is 1. The van der Waals surface area contributed by atoms with E-state index in [2.05, 4.69) is 27.4 Å². The molecule has 2 rings (SSSR count). The number of urea groups is 1. The number of hydrogen-bond acceptors (Lipinski definition) is 7. The molecule has 0 aromatic carbocycles. The lowest BCUT2D eigenvalue weighted by Gasteiger charge is -2.03. The Morgan fingerprint density at radius 3 is 2.95 bits per heavy atom. The highest BCUT2D eigenvalue weighted by Crippen LogP contribution is 2.25. The number of amides is 3. The van der Waals surface area contributed by atoms with Crippen LogP contribution in [0.2, 0.25) is 0 Å². The topological polar surface area (TPSA) is 110 Å².